The minimum Gasteiger partial charge on any atom is -0.492 e. The van der Waals surface area contributed by atoms with E-state index < -0.39 is 10.0 Å². The first-order valence-corrected chi connectivity index (χ1v) is 7.92. The van der Waals surface area contributed by atoms with Crippen molar-refractivity contribution in [3.63, 3.8) is 0 Å². The van der Waals surface area contributed by atoms with Gasteiger partial charge in [-0.15, -0.1) is 0 Å². The summed E-state index contributed by atoms with van der Waals surface area (Å²) in [7, 11) is -3.00. The highest BCUT2D eigenvalue weighted by Gasteiger charge is 2.27. The molecule has 18 heavy (non-hydrogen) atoms. The number of aryl methyl sites for hydroxylation is 1. The minimum absolute atomic E-state index is 0.276. The third kappa shape index (κ3) is 3.23. The second kappa shape index (κ2) is 5.71. The smallest absolute Gasteiger partial charge is 0.214 e. The van der Waals surface area contributed by atoms with Crippen LogP contribution in [-0.2, 0) is 16.4 Å². The predicted molar refractivity (Wildman–Crippen MR) is 71.3 cm³/mol. The SMILES string of the molecule is CCc1ccc(OCCN2CCCS2(=O)=O)cc1. The number of ether oxygens (including phenoxy) is 1. The fourth-order valence-corrected chi connectivity index (χ4v) is 3.54. The molecule has 0 spiro atoms. The van der Waals surface area contributed by atoms with Crippen molar-refractivity contribution in [1.82, 2.24) is 4.31 Å². The molecule has 0 radical (unpaired) electrons. The highest BCUT2D eigenvalue weighted by Crippen LogP contribution is 2.15. The summed E-state index contributed by atoms with van der Waals surface area (Å²) in [4.78, 5) is 0. The molecule has 1 heterocycles. The van der Waals surface area contributed by atoms with Crippen LogP contribution in [0.5, 0.6) is 5.75 Å². The average molecular weight is 269 g/mol. The van der Waals surface area contributed by atoms with Gasteiger partial charge in [-0.3, -0.25) is 0 Å². The Balaban J connectivity index is 1.81. The van der Waals surface area contributed by atoms with Gasteiger partial charge >= 0.3 is 0 Å². The minimum atomic E-state index is -3.00. The molecule has 1 aromatic rings. The molecule has 2 rings (SSSR count). The summed E-state index contributed by atoms with van der Waals surface area (Å²) < 4.78 is 30.2. The first kappa shape index (κ1) is 13.4. The van der Waals surface area contributed by atoms with Crippen molar-refractivity contribution in [2.75, 3.05) is 25.4 Å². The molecule has 0 amide bonds. The molecule has 1 aromatic carbocycles. The molecule has 0 atom stereocenters. The molecule has 0 aliphatic carbocycles. The van der Waals surface area contributed by atoms with Gasteiger partial charge in [0.25, 0.3) is 0 Å². The first-order valence-electron chi connectivity index (χ1n) is 6.31. The molecule has 1 saturated heterocycles. The molecule has 1 fully saturated rings. The molecule has 0 unspecified atom stereocenters. The Bertz CT molecular complexity index is 481. The molecule has 0 aromatic heterocycles. The van der Waals surface area contributed by atoms with Crippen molar-refractivity contribution < 1.29 is 13.2 Å². The molecule has 1 aliphatic heterocycles. The van der Waals surface area contributed by atoms with E-state index >= 15 is 0 Å². The molecular formula is C13H19NO3S. The summed E-state index contributed by atoms with van der Waals surface area (Å²) in [5, 5.41) is 0. The maximum absolute atomic E-state index is 11.6. The fraction of sp³-hybridized carbons (Fsp3) is 0.538. The lowest BCUT2D eigenvalue weighted by Crippen LogP contribution is -2.30. The Hall–Kier alpha value is -1.07. The third-order valence-corrected chi connectivity index (χ3v) is 5.10. The Labute approximate surface area is 109 Å². The highest BCUT2D eigenvalue weighted by molar-refractivity contribution is 7.89. The lowest BCUT2D eigenvalue weighted by molar-refractivity contribution is 0.279. The zero-order valence-electron chi connectivity index (χ0n) is 10.6. The topological polar surface area (TPSA) is 46.6 Å². The van der Waals surface area contributed by atoms with E-state index in [0.717, 1.165) is 18.6 Å². The van der Waals surface area contributed by atoms with Crippen LogP contribution in [0.25, 0.3) is 0 Å². The van der Waals surface area contributed by atoms with Crippen LogP contribution < -0.4 is 4.74 Å². The zero-order valence-corrected chi connectivity index (χ0v) is 11.4. The molecule has 4 nitrogen and oxygen atoms in total. The summed E-state index contributed by atoms with van der Waals surface area (Å²) in [6.07, 6.45) is 1.74. The van der Waals surface area contributed by atoms with Gasteiger partial charge in [0.2, 0.25) is 10.0 Å². The first-order chi connectivity index (χ1) is 8.62. The average Bonchev–Trinajstić information content (AvgIpc) is 2.70. The monoisotopic (exact) mass is 269 g/mol. The quantitative estimate of drug-likeness (QED) is 0.817. The molecular weight excluding hydrogens is 250 g/mol. The van der Waals surface area contributed by atoms with Gasteiger partial charge in [-0.1, -0.05) is 19.1 Å². The Kier molecular flexibility index (Phi) is 4.24. The van der Waals surface area contributed by atoms with Gasteiger partial charge < -0.3 is 4.74 Å². The number of sulfonamides is 1. The highest BCUT2D eigenvalue weighted by atomic mass is 32.2. The summed E-state index contributed by atoms with van der Waals surface area (Å²) in [6.45, 7) is 3.58. The Morgan fingerprint density at radius 2 is 2.00 bits per heavy atom. The van der Waals surface area contributed by atoms with Gasteiger partial charge in [-0.05, 0) is 30.5 Å². The van der Waals surface area contributed by atoms with Crippen LogP contribution in [0.15, 0.2) is 24.3 Å². The van der Waals surface area contributed by atoms with Gasteiger partial charge in [-0.25, -0.2) is 8.42 Å². The summed E-state index contributed by atoms with van der Waals surface area (Å²) >= 11 is 0. The van der Waals surface area contributed by atoms with Crippen molar-refractivity contribution in [2.45, 2.75) is 19.8 Å². The number of nitrogens with zero attached hydrogens (tertiary/aromatic N) is 1. The lowest BCUT2D eigenvalue weighted by atomic mass is 10.2. The van der Waals surface area contributed by atoms with Crippen LogP contribution in [0.1, 0.15) is 18.9 Å². The second-order valence-corrected chi connectivity index (χ2v) is 6.50. The third-order valence-electron chi connectivity index (χ3n) is 3.14. The number of hydrogen-bond donors (Lipinski definition) is 0. The van der Waals surface area contributed by atoms with Crippen LogP contribution in [0.4, 0.5) is 0 Å². The van der Waals surface area contributed by atoms with Crippen LogP contribution in [-0.4, -0.2) is 38.2 Å². The lowest BCUT2D eigenvalue weighted by Gasteiger charge is -2.14. The molecule has 0 N–H and O–H groups in total. The van der Waals surface area contributed by atoms with E-state index in [1.165, 1.54) is 9.87 Å². The number of hydrogen-bond acceptors (Lipinski definition) is 3. The van der Waals surface area contributed by atoms with E-state index in [2.05, 4.69) is 6.92 Å². The zero-order chi connectivity index (χ0) is 13.0. The van der Waals surface area contributed by atoms with Crippen molar-refractivity contribution in [3.05, 3.63) is 29.8 Å². The molecule has 100 valence electrons. The Morgan fingerprint density at radius 1 is 1.28 bits per heavy atom. The Morgan fingerprint density at radius 3 is 2.56 bits per heavy atom. The molecule has 0 saturated carbocycles. The van der Waals surface area contributed by atoms with E-state index in [9.17, 15) is 8.42 Å². The van der Waals surface area contributed by atoms with Gasteiger partial charge in [0.1, 0.15) is 12.4 Å². The maximum atomic E-state index is 11.6. The molecule has 1 aliphatic rings. The normalized spacial score (nSPS) is 18.9. The summed E-state index contributed by atoms with van der Waals surface area (Å²) in [6, 6.07) is 7.92. The van der Waals surface area contributed by atoms with E-state index in [1.807, 2.05) is 24.3 Å². The number of rotatable bonds is 5. The van der Waals surface area contributed by atoms with Crippen LogP contribution in [0.3, 0.4) is 0 Å². The van der Waals surface area contributed by atoms with E-state index in [0.29, 0.717) is 19.7 Å². The standard InChI is InChI=1S/C13H19NO3S/c1-2-12-4-6-13(7-5-12)17-10-9-14-8-3-11-18(14,15)16/h4-7H,2-3,8-11H2,1H3. The predicted octanol–water partition coefficient (Wildman–Crippen LogP) is 1.66. The van der Waals surface area contributed by atoms with Crippen LogP contribution in [0, 0.1) is 0 Å². The van der Waals surface area contributed by atoms with Crippen molar-refractivity contribution >= 4 is 10.0 Å². The summed E-state index contributed by atoms with van der Waals surface area (Å²) in [5.74, 6) is 1.07. The van der Waals surface area contributed by atoms with Gasteiger partial charge in [0, 0.05) is 13.1 Å². The second-order valence-electron chi connectivity index (χ2n) is 4.41. The van der Waals surface area contributed by atoms with E-state index in [4.69, 9.17) is 4.74 Å². The van der Waals surface area contributed by atoms with Crippen molar-refractivity contribution in [3.8, 4) is 5.75 Å². The van der Waals surface area contributed by atoms with Gasteiger partial charge in [0.15, 0.2) is 0 Å². The largest absolute Gasteiger partial charge is 0.492 e. The van der Waals surface area contributed by atoms with Crippen molar-refractivity contribution in [2.24, 2.45) is 0 Å². The van der Waals surface area contributed by atoms with Crippen LogP contribution >= 0.6 is 0 Å². The summed E-state index contributed by atoms with van der Waals surface area (Å²) in [5.41, 5.74) is 1.27. The molecule has 5 heteroatoms. The molecule has 0 bridgehead atoms. The van der Waals surface area contributed by atoms with E-state index in [-0.39, 0.29) is 5.75 Å². The fourth-order valence-electron chi connectivity index (χ4n) is 2.03. The van der Waals surface area contributed by atoms with E-state index in [1.54, 1.807) is 0 Å². The van der Waals surface area contributed by atoms with Crippen LogP contribution in [0.2, 0.25) is 0 Å². The van der Waals surface area contributed by atoms with Gasteiger partial charge in [-0.2, -0.15) is 4.31 Å². The van der Waals surface area contributed by atoms with Crippen molar-refractivity contribution in [1.29, 1.82) is 0 Å². The number of benzene rings is 1. The maximum Gasteiger partial charge on any atom is 0.214 e. The van der Waals surface area contributed by atoms with Gasteiger partial charge in [0.05, 0.1) is 5.75 Å².